The SMILES string of the molecule is O=C(c1cnc(-c2ccc(S(=O)(=O)O)s2)s1)c1ccccc1Cl. The maximum Gasteiger partial charge on any atom is 0.304 e. The molecule has 2 heterocycles. The fourth-order valence-electron chi connectivity index (χ4n) is 1.84. The second kappa shape index (κ2) is 6.14. The van der Waals surface area contributed by atoms with Gasteiger partial charge in [0, 0.05) is 11.8 Å². The lowest BCUT2D eigenvalue weighted by atomic mass is 10.1. The van der Waals surface area contributed by atoms with Gasteiger partial charge in [0.1, 0.15) is 9.22 Å². The molecule has 118 valence electrons. The van der Waals surface area contributed by atoms with Crippen LogP contribution in [0.2, 0.25) is 5.02 Å². The fraction of sp³-hybridized carbons (Fsp3) is 0. The molecule has 0 aliphatic heterocycles. The maximum atomic E-state index is 12.4. The van der Waals surface area contributed by atoms with Gasteiger partial charge in [0.05, 0.1) is 14.8 Å². The number of benzene rings is 1. The third-order valence-corrected chi connectivity index (χ3v) is 6.80. The largest absolute Gasteiger partial charge is 0.304 e. The summed E-state index contributed by atoms with van der Waals surface area (Å²) < 4.78 is 31.0. The smallest absolute Gasteiger partial charge is 0.288 e. The van der Waals surface area contributed by atoms with Crippen molar-refractivity contribution in [3.8, 4) is 9.88 Å². The van der Waals surface area contributed by atoms with Crippen molar-refractivity contribution in [3.63, 3.8) is 0 Å². The Balaban J connectivity index is 1.93. The Morgan fingerprint density at radius 2 is 1.87 bits per heavy atom. The number of hydrogen-bond acceptors (Lipinski definition) is 6. The first kappa shape index (κ1) is 16.3. The fourth-order valence-corrected chi connectivity index (χ4v) is 4.67. The van der Waals surface area contributed by atoms with Crippen molar-refractivity contribution in [2.75, 3.05) is 0 Å². The number of carbonyl (C=O) groups excluding carboxylic acids is 1. The van der Waals surface area contributed by atoms with E-state index in [1.54, 1.807) is 24.3 Å². The highest BCUT2D eigenvalue weighted by Crippen LogP contribution is 2.34. The van der Waals surface area contributed by atoms with Gasteiger partial charge in [0.15, 0.2) is 0 Å². The number of nitrogens with zero attached hydrogens (tertiary/aromatic N) is 1. The number of hydrogen-bond donors (Lipinski definition) is 1. The number of halogens is 1. The molecule has 5 nitrogen and oxygen atoms in total. The topological polar surface area (TPSA) is 84.3 Å². The van der Waals surface area contributed by atoms with Crippen molar-refractivity contribution in [3.05, 3.63) is 58.1 Å². The highest BCUT2D eigenvalue weighted by atomic mass is 35.5. The van der Waals surface area contributed by atoms with Crippen molar-refractivity contribution in [1.29, 1.82) is 0 Å². The van der Waals surface area contributed by atoms with Gasteiger partial charge in [-0.1, -0.05) is 23.7 Å². The van der Waals surface area contributed by atoms with Crippen LogP contribution in [-0.2, 0) is 10.1 Å². The number of carbonyl (C=O) groups is 1. The van der Waals surface area contributed by atoms with Gasteiger partial charge < -0.3 is 0 Å². The Morgan fingerprint density at radius 3 is 2.52 bits per heavy atom. The second-order valence-corrected chi connectivity index (χ2v) is 8.60. The maximum absolute atomic E-state index is 12.4. The van der Waals surface area contributed by atoms with E-state index in [0.29, 0.717) is 25.3 Å². The number of thiophene rings is 1. The molecule has 0 radical (unpaired) electrons. The van der Waals surface area contributed by atoms with Crippen LogP contribution >= 0.6 is 34.3 Å². The monoisotopic (exact) mass is 385 g/mol. The Hall–Kier alpha value is -1.58. The molecule has 0 amide bonds. The van der Waals surface area contributed by atoms with Crippen LogP contribution in [-0.4, -0.2) is 23.7 Å². The number of thiazole rings is 1. The van der Waals surface area contributed by atoms with Crippen molar-refractivity contribution >= 4 is 50.2 Å². The van der Waals surface area contributed by atoms with E-state index in [0.717, 1.165) is 22.7 Å². The first-order chi connectivity index (χ1) is 10.9. The summed E-state index contributed by atoms with van der Waals surface area (Å²) in [5, 5.41) is 0.859. The van der Waals surface area contributed by atoms with Crippen LogP contribution in [0.25, 0.3) is 9.88 Å². The van der Waals surface area contributed by atoms with Crippen LogP contribution in [0.1, 0.15) is 15.2 Å². The minimum atomic E-state index is -4.24. The molecule has 0 aliphatic rings. The summed E-state index contributed by atoms with van der Waals surface area (Å²) in [6.07, 6.45) is 1.43. The summed E-state index contributed by atoms with van der Waals surface area (Å²) >= 11 is 8.04. The van der Waals surface area contributed by atoms with E-state index < -0.39 is 10.1 Å². The number of rotatable bonds is 4. The standard InChI is InChI=1S/C14H8ClNO4S3/c15-9-4-2-1-3-8(9)13(17)11-7-16-14(22-11)10-5-6-12(21-10)23(18,19)20/h1-7H,(H,18,19,20). The summed E-state index contributed by atoms with van der Waals surface area (Å²) in [6.45, 7) is 0. The lowest BCUT2D eigenvalue weighted by Gasteiger charge is -1.99. The van der Waals surface area contributed by atoms with Crippen molar-refractivity contribution in [2.45, 2.75) is 4.21 Å². The Labute approximate surface area is 145 Å². The first-order valence-corrected chi connectivity index (χ1v) is 9.64. The van der Waals surface area contributed by atoms with Gasteiger partial charge in [0.2, 0.25) is 5.78 Å². The average Bonchev–Trinajstić information content (AvgIpc) is 3.15. The van der Waals surface area contributed by atoms with Crippen LogP contribution in [0.4, 0.5) is 0 Å². The van der Waals surface area contributed by atoms with Crippen LogP contribution in [0.5, 0.6) is 0 Å². The van der Waals surface area contributed by atoms with Crippen molar-refractivity contribution < 1.29 is 17.8 Å². The van der Waals surface area contributed by atoms with E-state index in [-0.39, 0.29) is 9.99 Å². The van der Waals surface area contributed by atoms with Gasteiger partial charge in [-0.05, 0) is 24.3 Å². The lowest BCUT2D eigenvalue weighted by molar-refractivity contribution is 0.104. The van der Waals surface area contributed by atoms with Gasteiger partial charge in [0.25, 0.3) is 0 Å². The predicted octanol–water partition coefficient (Wildman–Crippen LogP) is 4.00. The predicted molar refractivity (Wildman–Crippen MR) is 90.1 cm³/mol. The molecule has 0 aliphatic carbocycles. The van der Waals surface area contributed by atoms with E-state index in [1.165, 1.54) is 18.3 Å². The lowest BCUT2D eigenvalue weighted by Crippen LogP contribution is -1.98. The van der Waals surface area contributed by atoms with E-state index in [1.807, 2.05) is 0 Å². The second-order valence-electron chi connectivity index (χ2n) is 4.43. The minimum Gasteiger partial charge on any atom is -0.288 e. The molecule has 0 saturated heterocycles. The number of ketones is 1. The Bertz CT molecular complexity index is 991. The molecule has 0 saturated carbocycles. The van der Waals surface area contributed by atoms with E-state index in [2.05, 4.69) is 4.98 Å². The molecule has 3 rings (SSSR count). The molecule has 0 bridgehead atoms. The van der Waals surface area contributed by atoms with E-state index in [4.69, 9.17) is 16.2 Å². The molecule has 1 aromatic carbocycles. The summed E-state index contributed by atoms with van der Waals surface area (Å²) in [5.41, 5.74) is 0.383. The quantitative estimate of drug-likeness (QED) is 0.542. The summed E-state index contributed by atoms with van der Waals surface area (Å²) in [4.78, 5) is 17.5. The zero-order valence-electron chi connectivity index (χ0n) is 11.3. The molecule has 23 heavy (non-hydrogen) atoms. The minimum absolute atomic E-state index is 0.165. The Kier molecular flexibility index (Phi) is 4.35. The van der Waals surface area contributed by atoms with Gasteiger partial charge in [-0.2, -0.15) is 8.42 Å². The molecular formula is C14H8ClNO4S3. The zero-order valence-corrected chi connectivity index (χ0v) is 14.5. The number of aromatic nitrogens is 1. The van der Waals surface area contributed by atoms with Crippen LogP contribution in [0.15, 0.2) is 46.8 Å². The summed E-state index contributed by atoms with van der Waals surface area (Å²) in [5.74, 6) is -0.245. The summed E-state index contributed by atoms with van der Waals surface area (Å²) in [6, 6.07) is 9.56. The van der Waals surface area contributed by atoms with Gasteiger partial charge in [-0.3, -0.25) is 9.35 Å². The molecule has 2 aromatic heterocycles. The van der Waals surface area contributed by atoms with E-state index in [9.17, 15) is 13.2 Å². The highest BCUT2D eigenvalue weighted by Gasteiger charge is 2.19. The molecule has 0 spiro atoms. The van der Waals surface area contributed by atoms with Crippen molar-refractivity contribution in [2.24, 2.45) is 0 Å². The van der Waals surface area contributed by atoms with Crippen molar-refractivity contribution in [1.82, 2.24) is 4.98 Å². The molecular weight excluding hydrogens is 378 g/mol. The third kappa shape index (κ3) is 3.36. The molecule has 0 unspecified atom stereocenters. The van der Waals surface area contributed by atoms with Gasteiger partial charge in [-0.15, -0.1) is 22.7 Å². The Morgan fingerprint density at radius 1 is 1.13 bits per heavy atom. The average molecular weight is 386 g/mol. The molecule has 1 N–H and O–H groups in total. The first-order valence-electron chi connectivity index (χ1n) is 6.19. The molecule has 0 atom stereocenters. The van der Waals surface area contributed by atoms with E-state index >= 15 is 0 Å². The van der Waals surface area contributed by atoms with Crippen LogP contribution < -0.4 is 0 Å². The van der Waals surface area contributed by atoms with Gasteiger partial charge in [-0.25, -0.2) is 4.98 Å². The van der Waals surface area contributed by atoms with Gasteiger partial charge >= 0.3 is 10.1 Å². The normalized spacial score (nSPS) is 11.6. The molecule has 0 fully saturated rings. The highest BCUT2D eigenvalue weighted by molar-refractivity contribution is 7.88. The van der Waals surface area contributed by atoms with Crippen LogP contribution in [0.3, 0.4) is 0 Å². The van der Waals surface area contributed by atoms with Crippen LogP contribution in [0, 0.1) is 0 Å². The molecule has 3 aromatic rings. The summed E-state index contributed by atoms with van der Waals surface area (Å²) in [7, 11) is -4.24. The third-order valence-electron chi connectivity index (χ3n) is 2.89. The molecule has 9 heteroatoms. The zero-order chi connectivity index (χ0) is 16.6.